The zero-order chi connectivity index (χ0) is 33.5. The maximum atomic E-state index is 14.2. The number of H-pyrrole nitrogens is 1. The highest BCUT2D eigenvalue weighted by atomic mass is 32.2. The molecule has 7 rings (SSSR count). The smallest absolute Gasteiger partial charge is 0.280 e. The number of rotatable bonds is 7. The molecule has 1 unspecified atom stereocenters. The number of pyridine rings is 2. The van der Waals surface area contributed by atoms with Crippen molar-refractivity contribution >= 4 is 20.7 Å². The predicted molar refractivity (Wildman–Crippen MR) is 184 cm³/mol. The molecule has 10 nitrogen and oxygen atoms in total. The van der Waals surface area contributed by atoms with Gasteiger partial charge in [0.1, 0.15) is 17.2 Å². The third-order valence-electron chi connectivity index (χ3n) is 9.17. The summed E-state index contributed by atoms with van der Waals surface area (Å²) in [5.74, 6) is 1.31. The van der Waals surface area contributed by atoms with Crippen molar-refractivity contribution in [3.8, 4) is 34.4 Å². The fourth-order valence-electron chi connectivity index (χ4n) is 6.48. The van der Waals surface area contributed by atoms with Crippen LogP contribution in [0.1, 0.15) is 81.8 Å². The van der Waals surface area contributed by atoms with E-state index in [0.29, 0.717) is 22.6 Å². The number of nitrogens with one attached hydrogen (secondary N) is 1. The van der Waals surface area contributed by atoms with Gasteiger partial charge in [-0.05, 0) is 87.2 Å². The van der Waals surface area contributed by atoms with Crippen molar-refractivity contribution in [1.82, 2.24) is 29.0 Å². The largest absolute Gasteiger partial charge is 0.353 e. The van der Waals surface area contributed by atoms with E-state index in [2.05, 4.69) is 27.9 Å². The summed E-state index contributed by atoms with van der Waals surface area (Å²) in [7, 11) is -1.80. The molecule has 1 saturated heterocycles. The highest BCUT2D eigenvalue weighted by molar-refractivity contribution is 7.91. The Labute approximate surface area is 275 Å². The predicted octanol–water partition coefficient (Wildman–Crippen LogP) is 6.51. The lowest BCUT2D eigenvalue weighted by Crippen LogP contribution is -2.32. The maximum Gasteiger partial charge on any atom is 0.280 e. The van der Waals surface area contributed by atoms with Crippen molar-refractivity contribution in [3.05, 3.63) is 82.3 Å². The monoisotopic (exact) mass is 651 g/mol. The molecule has 2 fully saturated rings. The number of aromatic amines is 1. The Kier molecular flexibility index (Phi) is 8.92. The Bertz CT molecular complexity index is 2160. The standard InChI is InChI=1S/C34H35N7O3S.C2H6/c1-21(40-12-5-4-6-13-40)28-18-27-30(45(3,43)44)20-41(34(42)32(27)38-28)31-17-24(16-29(37-31)23-8-9-23)25-10-7-22(19-35)15-26(25)33-36-11-14-39(33)2;1-2/h7,10-11,14-18,20-21,23,38H,4-6,8-9,12-13H2,1-3H3;1-2H3. The maximum absolute atomic E-state index is 14.2. The number of hydrogen-bond donors (Lipinski definition) is 1. The van der Waals surface area contributed by atoms with Gasteiger partial charge in [0, 0.05) is 66.2 Å². The Morgan fingerprint density at radius 3 is 2.43 bits per heavy atom. The summed E-state index contributed by atoms with van der Waals surface area (Å²) in [4.78, 5) is 29.4. The number of sulfone groups is 1. The van der Waals surface area contributed by atoms with Gasteiger partial charge in [0.25, 0.3) is 5.56 Å². The fraction of sp³-hybridized carbons (Fsp3) is 0.389. The highest BCUT2D eigenvalue weighted by Gasteiger charge is 2.28. The molecule has 244 valence electrons. The van der Waals surface area contributed by atoms with E-state index in [1.807, 2.05) is 62.0 Å². The van der Waals surface area contributed by atoms with Gasteiger partial charge in [-0.3, -0.25) is 14.3 Å². The first kappa shape index (κ1) is 32.4. The molecule has 1 atom stereocenters. The second-order valence-corrected chi connectivity index (χ2v) is 14.4. The average molecular weight is 652 g/mol. The van der Waals surface area contributed by atoms with Crippen molar-refractivity contribution in [1.29, 1.82) is 5.26 Å². The molecule has 0 amide bonds. The van der Waals surface area contributed by atoms with E-state index in [-0.39, 0.29) is 27.9 Å². The number of fused-ring (bicyclic) bond motifs is 1. The third-order valence-corrected chi connectivity index (χ3v) is 10.3. The minimum absolute atomic E-state index is 0.0156. The minimum Gasteiger partial charge on any atom is -0.353 e. The van der Waals surface area contributed by atoms with Crippen LogP contribution in [-0.2, 0) is 16.9 Å². The van der Waals surface area contributed by atoms with Gasteiger partial charge in [-0.1, -0.05) is 26.3 Å². The molecule has 1 saturated carbocycles. The van der Waals surface area contributed by atoms with Gasteiger partial charge in [0.05, 0.1) is 16.5 Å². The van der Waals surface area contributed by atoms with Crippen LogP contribution in [0.2, 0.25) is 0 Å². The molecule has 1 aromatic carbocycles. The average Bonchev–Trinajstić information content (AvgIpc) is 3.70. The molecule has 0 radical (unpaired) electrons. The summed E-state index contributed by atoms with van der Waals surface area (Å²) in [6, 6.07) is 13.4. The van der Waals surface area contributed by atoms with Crippen molar-refractivity contribution in [2.45, 2.75) is 69.7 Å². The zero-order valence-electron chi connectivity index (χ0n) is 27.6. The van der Waals surface area contributed by atoms with Crippen LogP contribution in [0.15, 0.2) is 64.7 Å². The molecule has 1 N–H and O–H groups in total. The number of aryl methyl sites for hydroxylation is 1. The lowest BCUT2D eigenvalue weighted by Gasteiger charge is -2.31. The topological polar surface area (TPSA) is 130 Å². The van der Waals surface area contributed by atoms with Gasteiger partial charge in [-0.25, -0.2) is 18.4 Å². The minimum atomic E-state index is -3.70. The molecule has 2 aliphatic rings. The van der Waals surface area contributed by atoms with Gasteiger partial charge in [-0.15, -0.1) is 0 Å². The lowest BCUT2D eigenvalue weighted by molar-refractivity contribution is 0.172. The fourth-order valence-corrected chi connectivity index (χ4v) is 7.33. The SMILES string of the molecule is CC.CC(c1cc2c(S(C)(=O)=O)cn(-c3cc(-c4ccc(C#N)cc4-c4nccn4C)cc(C4CC4)n3)c(=O)c2[nH]1)N1CCCCC1. The molecular formula is C36H41N7O3S. The van der Waals surface area contributed by atoms with E-state index in [4.69, 9.17) is 4.98 Å². The second kappa shape index (κ2) is 12.9. The molecule has 0 bridgehead atoms. The van der Waals surface area contributed by atoms with Crippen LogP contribution in [0.3, 0.4) is 0 Å². The summed E-state index contributed by atoms with van der Waals surface area (Å²) in [5, 5.41) is 10.1. The summed E-state index contributed by atoms with van der Waals surface area (Å²) >= 11 is 0. The van der Waals surface area contributed by atoms with Gasteiger partial charge in [0.15, 0.2) is 9.84 Å². The number of nitrogens with zero attached hydrogens (tertiary/aromatic N) is 6. The van der Waals surface area contributed by atoms with Crippen molar-refractivity contribution in [3.63, 3.8) is 0 Å². The van der Waals surface area contributed by atoms with Crippen LogP contribution in [-0.4, -0.2) is 56.7 Å². The van der Waals surface area contributed by atoms with Crippen LogP contribution < -0.4 is 5.56 Å². The lowest BCUT2D eigenvalue weighted by atomic mass is 9.96. The van der Waals surface area contributed by atoms with Crippen molar-refractivity contribution in [2.24, 2.45) is 7.05 Å². The molecular weight excluding hydrogens is 611 g/mol. The zero-order valence-corrected chi connectivity index (χ0v) is 28.4. The van der Waals surface area contributed by atoms with E-state index >= 15 is 0 Å². The van der Waals surface area contributed by atoms with E-state index < -0.39 is 9.84 Å². The first-order valence-electron chi connectivity index (χ1n) is 16.4. The molecule has 5 aromatic rings. The Morgan fingerprint density at radius 1 is 1.04 bits per heavy atom. The van der Waals surface area contributed by atoms with E-state index in [9.17, 15) is 18.5 Å². The van der Waals surface area contributed by atoms with E-state index in [0.717, 1.165) is 66.9 Å². The normalized spacial score (nSPS) is 16.0. The molecule has 1 aliphatic carbocycles. The molecule has 1 aliphatic heterocycles. The Hall–Kier alpha value is -4.53. The number of likely N-dealkylation sites (tertiary alicyclic amines) is 1. The molecule has 11 heteroatoms. The summed E-state index contributed by atoms with van der Waals surface area (Å²) in [6.45, 7) is 8.03. The summed E-state index contributed by atoms with van der Waals surface area (Å²) in [6.07, 6.45) is 11.6. The second-order valence-electron chi connectivity index (χ2n) is 12.4. The Balaban J connectivity index is 0.00000190. The number of hydrogen-bond acceptors (Lipinski definition) is 7. The first-order chi connectivity index (χ1) is 22.6. The Morgan fingerprint density at radius 2 is 1.79 bits per heavy atom. The van der Waals surface area contributed by atoms with Crippen molar-refractivity contribution < 1.29 is 8.42 Å². The first-order valence-corrected chi connectivity index (χ1v) is 18.3. The van der Waals surface area contributed by atoms with Gasteiger partial charge in [0.2, 0.25) is 0 Å². The van der Waals surface area contributed by atoms with Gasteiger partial charge >= 0.3 is 0 Å². The van der Waals surface area contributed by atoms with Gasteiger partial charge in [-0.2, -0.15) is 5.26 Å². The van der Waals surface area contributed by atoms with E-state index in [1.54, 1.807) is 12.3 Å². The van der Waals surface area contributed by atoms with Crippen LogP contribution in [0.5, 0.6) is 0 Å². The van der Waals surface area contributed by atoms with Crippen LogP contribution in [0.25, 0.3) is 39.2 Å². The number of imidazole rings is 1. The van der Waals surface area contributed by atoms with Crippen molar-refractivity contribution in [2.75, 3.05) is 19.3 Å². The van der Waals surface area contributed by atoms with Crippen LogP contribution in [0, 0.1) is 11.3 Å². The molecule has 4 aromatic heterocycles. The summed E-state index contributed by atoms with van der Waals surface area (Å²) in [5.41, 5.74) is 4.50. The number of benzene rings is 1. The van der Waals surface area contributed by atoms with Crippen LogP contribution in [0.4, 0.5) is 0 Å². The third kappa shape index (κ3) is 6.27. The molecule has 47 heavy (non-hydrogen) atoms. The molecule has 5 heterocycles. The number of piperidine rings is 1. The van der Waals surface area contributed by atoms with E-state index in [1.165, 1.54) is 23.4 Å². The van der Waals surface area contributed by atoms with Gasteiger partial charge < -0.3 is 9.55 Å². The quantitative estimate of drug-likeness (QED) is 0.212. The van der Waals surface area contributed by atoms with Crippen LogP contribution >= 0.6 is 0 Å². The summed E-state index contributed by atoms with van der Waals surface area (Å²) < 4.78 is 29.6. The molecule has 0 spiro atoms. The number of aromatic nitrogens is 5. The highest BCUT2D eigenvalue weighted by Crippen LogP contribution is 2.42. The number of nitriles is 1.